The number of halogens is 2. The van der Waals surface area contributed by atoms with Gasteiger partial charge in [-0.15, -0.1) is 0 Å². The van der Waals surface area contributed by atoms with Crippen molar-refractivity contribution < 1.29 is 13.6 Å². The number of carbonyl (C=O) groups excluding carboxylic acids is 1. The standard InChI is InChI=1S/C18H21F2N7O/c1-11-12(2)27-16(8-21-11)22-14(24-27)5-6-15-23-17(10-25(15)9-13(19)20)26-7-3-4-18(26)28/h8,10,13H,3-7,9H2,1-2H3. The summed E-state index contributed by atoms with van der Waals surface area (Å²) in [6.07, 6.45) is 2.78. The number of rotatable bonds is 6. The highest BCUT2D eigenvalue weighted by Crippen LogP contribution is 2.22. The molecule has 3 aromatic rings. The molecule has 1 aliphatic rings. The fourth-order valence-corrected chi connectivity index (χ4v) is 3.40. The number of imidazole rings is 1. The Morgan fingerprint density at radius 2 is 2.04 bits per heavy atom. The van der Waals surface area contributed by atoms with Crippen molar-refractivity contribution in [3.05, 3.63) is 35.4 Å². The van der Waals surface area contributed by atoms with E-state index in [0.717, 1.165) is 17.8 Å². The van der Waals surface area contributed by atoms with Crippen molar-refractivity contribution in [3.8, 4) is 0 Å². The Kier molecular flexibility index (Phi) is 4.78. The summed E-state index contributed by atoms with van der Waals surface area (Å²) >= 11 is 0. The Hall–Kier alpha value is -2.91. The van der Waals surface area contributed by atoms with Crippen LogP contribution < -0.4 is 4.90 Å². The average Bonchev–Trinajstić information content (AvgIpc) is 3.34. The molecule has 28 heavy (non-hydrogen) atoms. The topological polar surface area (TPSA) is 81.2 Å². The van der Waals surface area contributed by atoms with Crippen LogP contribution in [-0.2, 0) is 24.2 Å². The van der Waals surface area contributed by atoms with Crippen molar-refractivity contribution >= 4 is 17.4 Å². The van der Waals surface area contributed by atoms with Crippen LogP contribution in [0.2, 0.25) is 0 Å². The number of alkyl halides is 2. The van der Waals surface area contributed by atoms with E-state index in [0.29, 0.717) is 48.9 Å². The highest BCUT2D eigenvalue weighted by molar-refractivity contribution is 5.94. The fraction of sp³-hybridized carbons (Fsp3) is 0.500. The number of fused-ring (bicyclic) bond motifs is 1. The molecule has 0 bridgehead atoms. The van der Waals surface area contributed by atoms with Gasteiger partial charge in [-0.05, 0) is 20.3 Å². The third-order valence-corrected chi connectivity index (χ3v) is 4.99. The van der Waals surface area contributed by atoms with E-state index < -0.39 is 13.0 Å². The second kappa shape index (κ2) is 7.25. The second-order valence-electron chi connectivity index (χ2n) is 6.93. The monoisotopic (exact) mass is 389 g/mol. The van der Waals surface area contributed by atoms with E-state index in [1.165, 1.54) is 4.57 Å². The van der Waals surface area contributed by atoms with Crippen LogP contribution in [0.1, 0.15) is 35.9 Å². The van der Waals surface area contributed by atoms with Crippen molar-refractivity contribution in [3.63, 3.8) is 0 Å². The van der Waals surface area contributed by atoms with Crippen LogP contribution in [0.4, 0.5) is 14.6 Å². The SMILES string of the molecule is Cc1ncc2nc(CCc3nc(N4CCCC4=O)cn3CC(F)F)nn2c1C. The number of hydrogen-bond acceptors (Lipinski definition) is 5. The molecule has 0 unspecified atom stereocenters. The third-order valence-electron chi connectivity index (χ3n) is 4.99. The maximum absolute atomic E-state index is 13.0. The number of anilines is 1. The zero-order valence-corrected chi connectivity index (χ0v) is 15.8. The Balaban J connectivity index is 1.57. The average molecular weight is 389 g/mol. The Bertz CT molecular complexity index is 1030. The van der Waals surface area contributed by atoms with Gasteiger partial charge >= 0.3 is 0 Å². The third kappa shape index (κ3) is 3.46. The molecule has 0 N–H and O–H groups in total. The first kappa shape index (κ1) is 18.5. The Labute approximate surface area is 160 Å². The second-order valence-corrected chi connectivity index (χ2v) is 6.93. The lowest BCUT2D eigenvalue weighted by atomic mass is 10.3. The van der Waals surface area contributed by atoms with Crippen LogP contribution in [-0.4, -0.2) is 48.0 Å². The number of nitrogens with zero attached hydrogens (tertiary/aromatic N) is 7. The zero-order chi connectivity index (χ0) is 19.8. The lowest BCUT2D eigenvalue weighted by Crippen LogP contribution is -2.24. The van der Waals surface area contributed by atoms with Crippen molar-refractivity contribution in [1.29, 1.82) is 0 Å². The van der Waals surface area contributed by atoms with Crippen molar-refractivity contribution in [2.24, 2.45) is 0 Å². The molecule has 1 saturated heterocycles. The van der Waals surface area contributed by atoms with E-state index in [2.05, 4.69) is 20.1 Å². The summed E-state index contributed by atoms with van der Waals surface area (Å²) in [7, 11) is 0. The molecule has 148 valence electrons. The summed E-state index contributed by atoms with van der Waals surface area (Å²) in [6, 6.07) is 0. The van der Waals surface area contributed by atoms with Gasteiger partial charge in [0.25, 0.3) is 6.43 Å². The minimum Gasteiger partial charge on any atom is -0.327 e. The summed E-state index contributed by atoms with van der Waals surface area (Å²) in [4.78, 5) is 26.7. The molecule has 10 heteroatoms. The maximum atomic E-state index is 13.0. The minimum absolute atomic E-state index is 0.0198. The Morgan fingerprint density at radius 1 is 1.21 bits per heavy atom. The first-order valence-electron chi connectivity index (χ1n) is 9.25. The Morgan fingerprint density at radius 3 is 2.75 bits per heavy atom. The van der Waals surface area contributed by atoms with E-state index in [9.17, 15) is 13.6 Å². The number of carbonyl (C=O) groups is 1. The molecule has 1 amide bonds. The van der Waals surface area contributed by atoms with Gasteiger partial charge in [-0.1, -0.05) is 0 Å². The largest absolute Gasteiger partial charge is 0.327 e. The molecule has 0 aliphatic carbocycles. The predicted molar refractivity (Wildman–Crippen MR) is 97.5 cm³/mol. The molecule has 0 spiro atoms. The van der Waals surface area contributed by atoms with E-state index in [4.69, 9.17) is 0 Å². The lowest BCUT2D eigenvalue weighted by Gasteiger charge is -2.10. The molecule has 1 aliphatic heterocycles. The highest BCUT2D eigenvalue weighted by Gasteiger charge is 2.25. The molecule has 0 saturated carbocycles. The van der Waals surface area contributed by atoms with Gasteiger partial charge in [0.05, 0.1) is 24.1 Å². The number of aryl methyl sites for hydroxylation is 4. The molecule has 4 rings (SSSR count). The summed E-state index contributed by atoms with van der Waals surface area (Å²) in [5, 5.41) is 4.49. The van der Waals surface area contributed by atoms with Gasteiger partial charge < -0.3 is 4.57 Å². The van der Waals surface area contributed by atoms with Crippen LogP contribution in [0.5, 0.6) is 0 Å². The van der Waals surface area contributed by atoms with E-state index in [-0.39, 0.29) is 5.91 Å². The molecular weight excluding hydrogens is 368 g/mol. The minimum atomic E-state index is -2.50. The highest BCUT2D eigenvalue weighted by atomic mass is 19.3. The van der Waals surface area contributed by atoms with Crippen molar-refractivity contribution in [1.82, 2.24) is 29.1 Å². The van der Waals surface area contributed by atoms with Gasteiger partial charge in [0, 0.05) is 32.0 Å². The van der Waals surface area contributed by atoms with Crippen LogP contribution in [0.3, 0.4) is 0 Å². The van der Waals surface area contributed by atoms with Gasteiger partial charge in [0.15, 0.2) is 17.3 Å². The van der Waals surface area contributed by atoms with Crippen molar-refractivity contribution in [2.45, 2.75) is 52.5 Å². The van der Waals surface area contributed by atoms with Crippen molar-refractivity contribution in [2.75, 3.05) is 11.4 Å². The number of aromatic nitrogens is 6. The number of hydrogen-bond donors (Lipinski definition) is 0. The maximum Gasteiger partial charge on any atom is 0.256 e. The first-order chi connectivity index (χ1) is 13.4. The van der Waals surface area contributed by atoms with Crippen LogP contribution in [0, 0.1) is 13.8 Å². The molecule has 8 nitrogen and oxygen atoms in total. The molecule has 0 atom stereocenters. The molecule has 4 heterocycles. The van der Waals surface area contributed by atoms with Gasteiger partial charge in [0.1, 0.15) is 5.82 Å². The lowest BCUT2D eigenvalue weighted by molar-refractivity contribution is -0.117. The normalized spacial score (nSPS) is 14.8. The van der Waals surface area contributed by atoms with Crippen LogP contribution >= 0.6 is 0 Å². The molecule has 0 aromatic carbocycles. The van der Waals surface area contributed by atoms with E-state index in [1.807, 2.05) is 13.8 Å². The quantitative estimate of drug-likeness (QED) is 0.645. The molecule has 3 aromatic heterocycles. The molecule has 0 radical (unpaired) electrons. The number of amides is 1. The summed E-state index contributed by atoms with van der Waals surface area (Å²) in [5.41, 5.74) is 2.43. The van der Waals surface area contributed by atoms with Crippen LogP contribution in [0.25, 0.3) is 5.65 Å². The van der Waals surface area contributed by atoms with Gasteiger partial charge in [0.2, 0.25) is 5.91 Å². The van der Waals surface area contributed by atoms with Gasteiger partial charge in [-0.2, -0.15) is 5.10 Å². The van der Waals surface area contributed by atoms with Crippen LogP contribution in [0.15, 0.2) is 12.4 Å². The summed E-state index contributed by atoms with van der Waals surface area (Å²) in [5.74, 6) is 1.52. The van der Waals surface area contributed by atoms with E-state index in [1.54, 1.807) is 21.8 Å². The van der Waals surface area contributed by atoms with Gasteiger partial charge in [-0.25, -0.2) is 23.3 Å². The predicted octanol–water partition coefficient (Wildman–Crippen LogP) is 2.11. The summed E-state index contributed by atoms with van der Waals surface area (Å²) < 4.78 is 29.1. The smallest absolute Gasteiger partial charge is 0.256 e. The fourth-order valence-electron chi connectivity index (χ4n) is 3.40. The zero-order valence-electron chi connectivity index (χ0n) is 15.8. The van der Waals surface area contributed by atoms with Gasteiger partial charge in [-0.3, -0.25) is 14.7 Å². The molecule has 1 fully saturated rings. The summed E-state index contributed by atoms with van der Waals surface area (Å²) in [6.45, 7) is 3.94. The van der Waals surface area contributed by atoms with E-state index >= 15 is 0 Å². The molecular formula is C18H21F2N7O. The first-order valence-corrected chi connectivity index (χ1v) is 9.25.